The Kier molecular flexibility index (Phi) is 26.7. The molecule has 0 bridgehead atoms. The van der Waals surface area contributed by atoms with Crippen molar-refractivity contribution in [3.05, 3.63) is 0 Å². The Morgan fingerprint density at radius 1 is 0.436 bits per heavy atom. The van der Waals surface area contributed by atoms with Gasteiger partial charge in [-0.05, 0) is 36.5 Å². The molecular formula is C34H70O4S. The van der Waals surface area contributed by atoms with Gasteiger partial charge in [0, 0.05) is 0 Å². The summed E-state index contributed by atoms with van der Waals surface area (Å²) < 4.78 is 35.0. The second-order valence-electron chi connectivity index (χ2n) is 13.1. The molecule has 0 N–H and O–H groups in total. The van der Waals surface area contributed by atoms with Crippen LogP contribution >= 0.6 is 0 Å². The Hall–Kier alpha value is -0.130. The van der Waals surface area contributed by atoms with Crippen LogP contribution in [0.25, 0.3) is 0 Å². The van der Waals surface area contributed by atoms with Gasteiger partial charge < -0.3 is 0 Å². The first kappa shape index (κ1) is 38.9. The fraction of sp³-hybridized carbons (Fsp3) is 1.00. The van der Waals surface area contributed by atoms with E-state index in [0.717, 1.165) is 12.8 Å². The molecular weight excluding hydrogens is 504 g/mol. The standard InChI is InChI=1S/C34H70O4S/c1-7-9-11-13-15-17-19-21-23-25-31(3)27-33(5)29-37-39(35,36)38-30-34(6)28-32(4)26-24-22-20-18-16-14-12-10-8-2/h31-34H,7-30H2,1-6H3. The Bertz CT molecular complexity index is 560. The minimum absolute atomic E-state index is 0.214. The fourth-order valence-electron chi connectivity index (χ4n) is 5.79. The highest BCUT2D eigenvalue weighted by Crippen LogP contribution is 2.22. The van der Waals surface area contributed by atoms with Crippen molar-refractivity contribution in [2.45, 2.75) is 183 Å². The Morgan fingerprint density at radius 2 is 0.718 bits per heavy atom. The molecule has 0 aliphatic carbocycles. The van der Waals surface area contributed by atoms with Gasteiger partial charge in [-0.3, -0.25) is 0 Å². The van der Waals surface area contributed by atoms with Gasteiger partial charge in [-0.2, -0.15) is 8.42 Å². The molecule has 39 heavy (non-hydrogen) atoms. The molecule has 236 valence electrons. The molecule has 0 fully saturated rings. The van der Waals surface area contributed by atoms with Crippen molar-refractivity contribution in [1.82, 2.24) is 0 Å². The Balaban J connectivity index is 3.82. The van der Waals surface area contributed by atoms with Crippen molar-refractivity contribution in [2.75, 3.05) is 13.2 Å². The zero-order valence-corrected chi connectivity index (χ0v) is 28.1. The summed E-state index contributed by atoms with van der Waals surface area (Å²) in [5, 5.41) is 0. The maximum Gasteiger partial charge on any atom is 0.399 e. The zero-order valence-electron chi connectivity index (χ0n) is 27.3. The van der Waals surface area contributed by atoms with Crippen molar-refractivity contribution >= 4 is 10.4 Å². The summed E-state index contributed by atoms with van der Waals surface area (Å²) in [4.78, 5) is 0. The fourth-order valence-corrected chi connectivity index (χ4v) is 6.65. The van der Waals surface area contributed by atoms with E-state index in [2.05, 4.69) is 41.5 Å². The van der Waals surface area contributed by atoms with E-state index in [1.807, 2.05) is 0 Å². The molecule has 0 amide bonds. The predicted molar refractivity (Wildman–Crippen MR) is 170 cm³/mol. The lowest BCUT2D eigenvalue weighted by Gasteiger charge is -2.19. The average molecular weight is 575 g/mol. The smallest absolute Gasteiger partial charge is 0.248 e. The first-order chi connectivity index (χ1) is 18.7. The van der Waals surface area contributed by atoms with Crippen molar-refractivity contribution in [2.24, 2.45) is 23.7 Å². The largest absolute Gasteiger partial charge is 0.399 e. The molecule has 0 saturated heterocycles. The van der Waals surface area contributed by atoms with Crippen molar-refractivity contribution in [3.8, 4) is 0 Å². The van der Waals surface area contributed by atoms with E-state index in [0.29, 0.717) is 11.8 Å². The van der Waals surface area contributed by atoms with Gasteiger partial charge >= 0.3 is 10.4 Å². The number of hydrogen-bond acceptors (Lipinski definition) is 4. The summed E-state index contributed by atoms with van der Waals surface area (Å²) in [6.07, 6.45) is 28.8. The predicted octanol–water partition coefficient (Wildman–Crippen LogP) is 11.4. The second kappa shape index (κ2) is 26.7. The van der Waals surface area contributed by atoms with Gasteiger partial charge in [0.05, 0.1) is 13.2 Å². The molecule has 0 aromatic rings. The van der Waals surface area contributed by atoms with Crippen LogP contribution < -0.4 is 0 Å². The highest BCUT2D eigenvalue weighted by atomic mass is 32.3. The van der Waals surface area contributed by atoms with Crippen LogP contribution in [0.15, 0.2) is 0 Å². The van der Waals surface area contributed by atoms with Crippen LogP contribution in [-0.4, -0.2) is 21.6 Å². The third-order valence-corrected chi connectivity index (χ3v) is 9.05. The van der Waals surface area contributed by atoms with Gasteiger partial charge in [-0.25, -0.2) is 8.37 Å². The van der Waals surface area contributed by atoms with Crippen LogP contribution in [0.3, 0.4) is 0 Å². The maximum absolute atomic E-state index is 12.3. The number of hydrogen-bond donors (Lipinski definition) is 0. The van der Waals surface area contributed by atoms with Crippen molar-refractivity contribution in [1.29, 1.82) is 0 Å². The first-order valence-corrected chi connectivity index (χ1v) is 18.6. The van der Waals surface area contributed by atoms with Gasteiger partial charge in [-0.15, -0.1) is 0 Å². The van der Waals surface area contributed by atoms with Crippen LogP contribution in [0, 0.1) is 23.7 Å². The number of unbranched alkanes of at least 4 members (excludes halogenated alkanes) is 16. The summed E-state index contributed by atoms with van der Waals surface area (Å²) in [5.74, 6) is 1.63. The van der Waals surface area contributed by atoms with Gasteiger partial charge in [-0.1, -0.05) is 170 Å². The monoisotopic (exact) mass is 574 g/mol. The van der Waals surface area contributed by atoms with Crippen LogP contribution in [0.1, 0.15) is 183 Å². The molecule has 0 radical (unpaired) electrons. The third kappa shape index (κ3) is 27.8. The van der Waals surface area contributed by atoms with Gasteiger partial charge in [0.15, 0.2) is 0 Å². The average Bonchev–Trinajstić information content (AvgIpc) is 2.89. The summed E-state index contributed by atoms with van der Waals surface area (Å²) in [6, 6.07) is 0. The minimum atomic E-state index is -3.92. The maximum atomic E-state index is 12.3. The van der Waals surface area contributed by atoms with E-state index in [9.17, 15) is 8.42 Å². The van der Waals surface area contributed by atoms with Crippen LogP contribution in [0.2, 0.25) is 0 Å². The molecule has 0 aliphatic heterocycles. The molecule has 4 atom stereocenters. The minimum Gasteiger partial charge on any atom is -0.248 e. The van der Waals surface area contributed by atoms with Crippen LogP contribution in [-0.2, 0) is 18.8 Å². The highest BCUT2D eigenvalue weighted by molar-refractivity contribution is 7.81. The van der Waals surface area contributed by atoms with Crippen molar-refractivity contribution in [3.63, 3.8) is 0 Å². The Labute approximate surface area is 246 Å². The van der Waals surface area contributed by atoms with E-state index in [-0.39, 0.29) is 25.0 Å². The van der Waals surface area contributed by atoms with Gasteiger partial charge in [0.2, 0.25) is 0 Å². The first-order valence-electron chi connectivity index (χ1n) is 17.2. The second-order valence-corrected chi connectivity index (χ2v) is 14.4. The molecule has 0 aliphatic rings. The summed E-state index contributed by atoms with van der Waals surface area (Å²) in [6.45, 7) is 13.7. The molecule has 0 heterocycles. The summed E-state index contributed by atoms with van der Waals surface area (Å²) in [7, 11) is -3.92. The topological polar surface area (TPSA) is 52.6 Å². The zero-order chi connectivity index (χ0) is 29.2. The van der Waals surface area contributed by atoms with Crippen molar-refractivity contribution < 1.29 is 16.8 Å². The molecule has 4 nitrogen and oxygen atoms in total. The quantitative estimate of drug-likeness (QED) is 0.0800. The molecule has 4 unspecified atom stereocenters. The molecule has 0 spiro atoms. The molecule has 0 aromatic heterocycles. The van der Waals surface area contributed by atoms with Crippen LogP contribution in [0.5, 0.6) is 0 Å². The van der Waals surface area contributed by atoms with Crippen LogP contribution in [0.4, 0.5) is 0 Å². The molecule has 0 aromatic carbocycles. The van der Waals surface area contributed by atoms with E-state index < -0.39 is 10.4 Å². The van der Waals surface area contributed by atoms with E-state index in [1.54, 1.807) is 0 Å². The normalized spacial score (nSPS) is 15.3. The van der Waals surface area contributed by atoms with Gasteiger partial charge in [0.25, 0.3) is 0 Å². The SMILES string of the molecule is CCCCCCCCCCCC(C)CC(C)COS(=O)(=O)OCC(C)CC(C)CCCCCCCCCCC. The van der Waals surface area contributed by atoms with Gasteiger partial charge in [0.1, 0.15) is 0 Å². The highest BCUT2D eigenvalue weighted by Gasteiger charge is 2.18. The summed E-state index contributed by atoms with van der Waals surface area (Å²) >= 11 is 0. The lowest BCUT2D eigenvalue weighted by atomic mass is 9.93. The van der Waals surface area contributed by atoms with E-state index in [4.69, 9.17) is 8.37 Å². The number of rotatable bonds is 30. The molecule has 0 saturated carbocycles. The summed E-state index contributed by atoms with van der Waals surface area (Å²) in [5.41, 5.74) is 0. The molecule has 5 heteroatoms. The lowest BCUT2D eigenvalue weighted by molar-refractivity contribution is 0.161. The molecule has 0 rings (SSSR count). The lowest BCUT2D eigenvalue weighted by Crippen LogP contribution is -2.19. The Morgan fingerprint density at radius 3 is 1.03 bits per heavy atom. The third-order valence-electron chi connectivity index (χ3n) is 8.20. The van der Waals surface area contributed by atoms with E-state index in [1.165, 1.54) is 128 Å². The van der Waals surface area contributed by atoms with E-state index >= 15 is 0 Å².